The maximum atomic E-state index is 11.9. The molecule has 2 rings (SSSR count). The number of halogens is 1. The molecule has 2 aromatic rings. The largest absolute Gasteiger partial charge is 0.366 e. The Balaban J connectivity index is 1.86. The highest BCUT2D eigenvalue weighted by molar-refractivity contribution is 7.99. The van der Waals surface area contributed by atoms with Crippen LogP contribution in [0.3, 0.4) is 0 Å². The fourth-order valence-electron chi connectivity index (χ4n) is 1.81. The summed E-state index contributed by atoms with van der Waals surface area (Å²) in [7, 11) is 0. The molecule has 2 amide bonds. The van der Waals surface area contributed by atoms with Gasteiger partial charge in [-0.15, -0.1) is 11.8 Å². The molecule has 0 bridgehead atoms. The molecule has 114 valence electrons. The van der Waals surface area contributed by atoms with Crippen LogP contribution in [0, 0.1) is 0 Å². The predicted octanol–water partition coefficient (Wildman–Crippen LogP) is 3.56. The molecule has 0 atom stereocenters. The Hall–Kier alpha value is -1.98. The number of anilines is 1. The van der Waals surface area contributed by atoms with Crippen LogP contribution in [0.4, 0.5) is 5.69 Å². The number of nitrogens with two attached hydrogens (primary N) is 1. The summed E-state index contributed by atoms with van der Waals surface area (Å²) >= 11 is 7.38. The third-order valence-corrected chi connectivity index (χ3v) is 4.14. The molecular weight excluding hydrogens is 320 g/mol. The van der Waals surface area contributed by atoms with E-state index in [1.54, 1.807) is 36.0 Å². The highest BCUT2D eigenvalue weighted by atomic mass is 35.5. The fraction of sp³-hybridized carbons (Fsp3) is 0.125. The van der Waals surface area contributed by atoms with Gasteiger partial charge < -0.3 is 11.1 Å². The van der Waals surface area contributed by atoms with Crippen LogP contribution in [0.2, 0.25) is 5.02 Å². The van der Waals surface area contributed by atoms with Crippen molar-refractivity contribution < 1.29 is 9.59 Å². The summed E-state index contributed by atoms with van der Waals surface area (Å²) in [6.07, 6.45) is 0.334. The Morgan fingerprint density at radius 2 is 1.77 bits per heavy atom. The first-order valence-electron chi connectivity index (χ1n) is 6.63. The summed E-state index contributed by atoms with van der Waals surface area (Å²) < 4.78 is 0. The molecule has 0 spiro atoms. The molecule has 0 heterocycles. The van der Waals surface area contributed by atoms with Gasteiger partial charge in [-0.2, -0.15) is 0 Å². The van der Waals surface area contributed by atoms with Crippen molar-refractivity contribution in [3.63, 3.8) is 0 Å². The minimum Gasteiger partial charge on any atom is -0.366 e. The lowest BCUT2D eigenvalue weighted by atomic mass is 10.1. The van der Waals surface area contributed by atoms with E-state index in [2.05, 4.69) is 5.32 Å². The summed E-state index contributed by atoms with van der Waals surface area (Å²) in [6, 6.07) is 14.1. The van der Waals surface area contributed by atoms with Gasteiger partial charge in [0.25, 0.3) is 5.91 Å². The van der Waals surface area contributed by atoms with Gasteiger partial charge in [0.1, 0.15) is 0 Å². The van der Waals surface area contributed by atoms with Crippen LogP contribution >= 0.6 is 23.4 Å². The second kappa shape index (κ2) is 7.87. The summed E-state index contributed by atoms with van der Waals surface area (Å²) in [4.78, 5) is 24.3. The van der Waals surface area contributed by atoms with Crippen LogP contribution in [0.15, 0.2) is 53.4 Å². The zero-order chi connectivity index (χ0) is 15.9. The average Bonchev–Trinajstić information content (AvgIpc) is 2.49. The monoisotopic (exact) mass is 334 g/mol. The van der Waals surface area contributed by atoms with Gasteiger partial charge in [-0.05, 0) is 36.4 Å². The van der Waals surface area contributed by atoms with E-state index < -0.39 is 5.91 Å². The molecule has 0 saturated heterocycles. The van der Waals surface area contributed by atoms with E-state index in [1.165, 1.54) is 0 Å². The standard InChI is InChI=1S/C16H15ClN2O2S/c17-11-5-7-12(8-6-11)22-10-9-15(20)19-14-4-2-1-3-13(14)16(18)21/h1-8H,9-10H2,(H2,18,21)(H,19,20). The topological polar surface area (TPSA) is 72.2 Å². The number of thioether (sulfide) groups is 1. The number of primary amides is 1. The van der Waals surface area contributed by atoms with Gasteiger partial charge in [-0.1, -0.05) is 23.7 Å². The maximum absolute atomic E-state index is 11.9. The third kappa shape index (κ3) is 4.79. The first kappa shape index (κ1) is 16.4. The molecule has 0 radical (unpaired) electrons. The van der Waals surface area contributed by atoms with Crippen molar-refractivity contribution in [1.29, 1.82) is 0 Å². The Labute approximate surface area is 138 Å². The zero-order valence-electron chi connectivity index (χ0n) is 11.7. The van der Waals surface area contributed by atoms with Crippen molar-refractivity contribution in [2.45, 2.75) is 11.3 Å². The van der Waals surface area contributed by atoms with Crippen molar-refractivity contribution in [2.75, 3.05) is 11.1 Å². The molecular formula is C16H15ClN2O2S. The van der Waals surface area contributed by atoms with Gasteiger partial charge in [-0.3, -0.25) is 9.59 Å². The highest BCUT2D eigenvalue weighted by Gasteiger charge is 2.10. The summed E-state index contributed by atoms with van der Waals surface area (Å²) in [6.45, 7) is 0. The van der Waals surface area contributed by atoms with Crippen LogP contribution in [0.5, 0.6) is 0 Å². The van der Waals surface area contributed by atoms with E-state index in [0.717, 1.165) is 4.90 Å². The fourth-order valence-corrected chi connectivity index (χ4v) is 2.79. The molecule has 0 saturated carbocycles. The van der Waals surface area contributed by atoms with Crippen molar-refractivity contribution in [2.24, 2.45) is 5.73 Å². The van der Waals surface area contributed by atoms with E-state index in [0.29, 0.717) is 28.4 Å². The van der Waals surface area contributed by atoms with Crippen molar-refractivity contribution in [3.8, 4) is 0 Å². The molecule has 0 aromatic heterocycles. The number of amides is 2. The highest BCUT2D eigenvalue weighted by Crippen LogP contribution is 2.21. The van der Waals surface area contributed by atoms with Crippen LogP contribution in [-0.4, -0.2) is 17.6 Å². The van der Waals surface area contributed by atoms with Gasteiger partial charge >= 0.3 is 0 Å². The quantitative estimate of drug-likeness (QED) is 0.793. The predicted molar refractivity (Wildman–Crippen MR) is 90.4 cm³/mol. The van der Waals surface area contributed by atoms with E-state index in [-0.39, 0.29) is 5.91 Å². The smallest absolute Gasteiger partial charge is 0.250 e. The van der Waals surface area contributed by atoms with Crippen molar-refractivity contribution >= 4 is 40.9 Å². The van der Waals surface area contributed by atoms with E-state index in [9.17, 15) is 9.59 Å². The van der Waals surface area contributed by atoms with Gasteiger partial charge in [0.05, 0.1) is 11.3 Å². The molecule has 6 heteroatoms. The van der Waals surface area contributed by atoms with Crippen molar-refractivity contribution in [3.05, 3.63) is 59.1 Å². The molecule has 2 aromatic carbocycles. The zero-order valence-corrected chi connectivity index (χ0v) is 13.3. The Bertz CT molecular complexity index is 674. The first-order chi connectivity index (χ1) is 10.6. The average molecular weight is 335 g/mol. The lowest BCUT2D eigenvalue weighted by molar-refractivity contribution is -0.115. The van der Waals surface area contributed by atoms with Gasteiger partial charge in [0.15, 0.2) is 0 Å². The van der Waals surface area contributed by atoms with Gasteiger partial charge in [-0.25, -0.2) is 0 Å². The van der Waals surface area contributed by atoms with Crippen LogP contribution in [0.1, 0.15) is 16.8 Å². The second-order valence-corrected chi connectivity index (χ2v) is 6.12. The van der Waals surface area contributed by atoms with Crippen LogP contribution < -0.4 is 11.1 Å². The number of carbonyl (C=O) groups is 2. The molecule has 0 fully saturated rings. The summed E-state index contributed by atoms with van der Waals surface area (Å²) in [5, 5.41) is 3.40. The van der Waals surface area contributed by atoms with E-state index in [4.69, 9.17) is 17.3 Å². The molecule has 22 heavy (non-hydrogen) atoms. The molecule has 0 aliphatic heterocycles. The number of para-hydroxylation sites is 1. The lowest BCUT2D eigenvalue weighted by Gasteiger charge is -2.08. The molecule has 4 nitrogen and oxygen atoms in total. The summed E-state index contributed by atoms with van der Waals surface area (Å²) in [5.74, 6) is -0.0896. The van der Waals surface area contributed by atoms with Crippen LogP contribution in [-0.2, 0) is 4.79 Å². The maximum Gasteiger partial charge on any atom is 0.250 e. The SMILES string of the molecule is NC(=O)c1ccccc1NC(=O)CCSc1ccc(Cl)cc1. The minimum atomic E-state index is -0.563. The van der Waals surface area contributed by atoms with Gasteiger partial charge in [0, 0.05) is 22.1 Å². The molecule has 3 N–H and O–H groups in total. The number of carbonyl (C=O) groups excluding carboxylic acids is 2. The first-order valence-corrected chi connectivity index (χ1v) is 7.99. The number of nitrogens with one attached hydrogen (secondary N) is 1. The van der Waals surface area contributed by atoms with Gasteiger partial charge in [0.2, 0.25) is 5.91 Å². The van der Waals surface area contributed by atoms with E-state index in [1.807, 2.05) is 24.3 Å². The molecule has 0 aliphatic rings. The Morgan fingerprint density at radius 1 is 1.09 bits per heavy atom. The van der Waals surface area contributed by atoms with Crippen molar-refractivity contribution in [1.82, 2.24) is 0 Å². The minimum absolute atomic E-state index is 0.157. The number of hydrogen-bond acceptors (Lipinski definition) is 3. The van der Waals surface area contributed by atoms with Crippen LogP contribution in [0.25, 0.3) is 0 Å². The Kier molecular flexibility index (Phi) is 5.86. The number of hydrogen-bond donors (Lipinski definition) is 2. The number of benzene rings is 2. The summed E-state index contributed by atoms with van der Waals surface area (Å²) in [5.41, 5.74) is 6.02. The van der Waals surface area contributed by atoms with E-state index >= 15 is 0 Å². The lowest BCUT2D eigenvalue weighted by Crippen LogP contribution is -2.18. The normalized spacial score (nSPS) is 10.2. The third-order valence-electron chi connectivity index (χ3n) is 2.88. The second-order valence-electron chi connectivity index (χ2n) is 4.51. The number of rotatable bonds is 6. The molecule has 0 aliphatic carbocycles. The Morgan fingerprint density at radius 3 is 2.45 bits per heavy atom. The molecule has 0 unspecified atom stereocenters.